The molecule has 2 unspecified atom stereocenters. The summed E-state index contributed by atoms with van der Waals surface area (Å²) >= 11 is 1.95. The van der Waals surface area contributed by atoms with Gasteiger partial charge in [-0.3, -0.25) is 4.90 Å². The van der Waals surface area contributed by atoms with Gasteiger partial charge in [0.15, 0.2) is 0 Å². The van der Waals surface area contributed by atoms with Gasteiger partial charge in [-0.1, -0.05) is 0 Å². The van der Waals surface area contributed by atoms with Crippen molar-refractivity contribution >= 4 is 11.3 Å². The first-order valence-corrected chi connectivity index (χ1v) is 8.19. The van der Waals surface area contributed by atoms with Crippen molar-refractivity contribution in [3.05, 3.63) is 21.9 Å². The molecule has 1 aromatic rings. The highest BCUT2D eigenvalue weighted by molar-refractivity contribution is 7.11. The minimum atomic E-state index is 0.368. The van der Waals surface area contributed by atoms with Crippen LogP contribution in [0.2, 0.25) is 0 Å². The van der Waals surface area contributed by atoms with Gasteiger partial charge in [0.25, 0.3) is 0 Å². The molecule has 1 aromatic heterocycles. The summed E-state index contributed by atoms with van der Waals surface area (Å²) < 4.78 is 5.69. The second-order valence-corrected chi connectivity index (χ2v) is 7.20. The third-order valence-corrected chi connectivity index (χ3v) is 5.03. The zero-order chi connectivity index (χ0) is 13.2. The van der Waals surface area contributed by atoms with Crippen LogP contribution in [0.5, 0.6) is 0 Å². The van der Waals surface area contributed by atoms with Crippen LogP contribution >= 0.6 is 11.3 Å². The standard InChI is InChI=1S/C15H24N2OS/c1-11-10-18-12(2)8-17(11)9-15-6-5-14(19-15)7-16-13-3-4-13/h5-6,11-13,16H,3-4,7-10H2,1-2H3. The molecular weight excluding hydrogens is 256 g/mol. The van der Waals surface area contributed by atoms with Crippen LogP contribution in [-0.2, 0) is 17.8 Å². The summed E-state index contributed by atoms with van der Waals surface area (Å²) in [4.78, 5) is 5.49. The molecule has 19 heavy (non-hydrogen) atoms. The van der Waals surface area contributed by atoms with Gasteiger partial charge in [-0.05, 0) is 38.8 Å². The third kappa shape index (κ3) is 3.78. The largest absolute Gasteiger partial charge is 0.376 e. The molecule has 3 nitrogen and oxygen atoms in total. The number of nitrogens with one attached hydrogen (secondary N) is 1. The maximum absolute atomic E-state index is 5.69. The topological polar surface area (TPSA) is 24.5 Å². The van der Waals surface area contributed by atoms with Crippen molar-refractivity contribution in [2.75, 3.05) is 13.2 Å². The fourth-order valence-electron chi connectivity index (χ4n) is 2.53. The number of morpholine rings is 1. The van der Waals surface area contributed by atoms with Gasteiger partial charge < -0.3 is 10.1 Å². The molecule has 106 valence electrons. The van der Waals surface area contributed by atoms with Gasteiger partial charge in [0, 0.05) is 41.5 Å². The number of hydrogen-bond donors (Lipinski definition) is 1. The van der Waals surface area contributed by atoms with Crippen molar-refractivity contribution in [1.82, 2.24) is 10.2 Å². The highest BCUT2D eigenvalue weighted by Crippen LogP contribution is 2.23. The molecule has 2 heterocycles. The zero-order valence-electron chi connectivity index (χ0n) is 11.9. The Morgan fingerprint density at radius 1 is 1.32 bits per heavy atom. The van der Waals surface area contributed by atoms with E-state index in [0.717, 1.165) is 32.3 Å². The Labute approximate surface area is 119 Å². The van der Waals surface area contributed by atoms with E-state index in [1.165, 1.54) is 22.6 Å². The molecule has 1 saturated heterocycles. The number of thiophene rings is 1. The van der Waals surface area contributed by atoms with Crippen molar-refractivity contribution in [2.24, 2.45) is 0 Å². The minimum absolute atomic E-state index is 0.368. The Balaban J connectivity index is 1.53. The van der Waals surface area contributed by atoms with Gasteiger partial charge in [0.05, 0.1) is 12.7 Å². The van der Waals surface area contributed by atoms with Crippen LogP contribution < -0.4 is 5.32 Å². The number of ether oxygens (including phenoxy) is 1. The normalized spacial score (nSPS) is 28.7. The summed E-state index contributed by atoms with van der Waals surface area (Å²) in [5.74, 6) is 0. The van der Waals surface area contributed by atoms with Crippen molar-refractivity contribution < 1.29 is 4.74 Å². The average molecular weight is 280 g/mol. The van der Waals surface area contributed by atoms with E-state index in [9.17, 15) is 0 Å². The van der Waals surface area contributed by atoms with E-state index < -0.39 is 0 Å². The Hall–Kier alpha value is -0.420. The first-order chi connectivity index (χ1) is 9.20. The molecule has 0 bridgehead atoms. The predicted octanol–water partition coefficient (Wildman–Crippen LogP) is 2.61. The Bertz CT molecular complexity index is 416. The maximum atomic E-state index is 5.69. The quantitative estimate of drug-likeness (QED) is 0.897. The molecule has 2 fully saturated rings. The molecule has 1 aliphatic carbocycles. The van der Waals surface area contributed by atoms with Gasteiger partial charge in [0.2, 0.25) is 0 Å². The van der Waals surface area contributed by atoms with Gasteiger partial charge in [0.1, 0.15) is 0 Å². The average Bonchev–Trinajstić information content (AvgIpc) is 3.12. The fourth-order valence-corrected chi connectivity index (χ4v) is 3.52. The highest BCUT2D eigenvalue weighted by Gasteiger charge is 2.24. The summed E-state index contributed by atoms with van der Waals surface area (Å²) in [5, 5.41) is 3.58. The van der Waals surface area contributed by atoms with Gasteiger partial charge in [-0.2, -0.15) is 0 Å². The smallest absolute Gasteiger partial charge is 0.0674 e. The molecule has 0 aromatic carbocycles. The van der Waals surface area contributed by atoms with Gasteiger partial charge >= 0.3 is 0 Å². The SMILES string of the molecule is CC1CN(Cc2ccc(CNC3CC3)s2)C(C)CO1. The van der Waals surface area contributed by atoms with E-state index in [2.05, 4.69) is 36.2 Å². The zero-order valence-corrected chi connectivity index (χ0v) is 12.7. The lowest BCUT2D eigenvalue weighted by Crippen LogP contribution is -2.46. The van der Waals surface area contributed by atoms with E-state index in [0.29, 0.717) is 12.1 Å². The van der Waals surface area contributed by atoms with Crippen molar-refractivity contribution in [3.63, 3.8) is 0 Å². The summed E-state index contributed by atoms with van der Waals surface area (Å²) in [6, 6.07) is 5.91. The maximum Gasteiger partial charge on any atom is 0.0674 e. The monoisotopic (exact) mass is 280 g/mol. The lowest BCUT2D eigenvalue weighted by atomic mass is 10.2. The number of hydrogen-bond acceptors (Lipinski definition) is 4. The van der Waals surface area contributed by atoms with Gasteiger partial charge in [-0.25, -0.2) is 0 Å². The summed E-state index contributed by atoms with van der Waals surface area (Å²) in [6.07, 6.45) is 3.09. The molecule has 2 aliphatic rings. The Morgan fingerprint density at radius 2 is 2.11 bits per heavy atom. The van der Waals surface area contributed by atoms with Gasteiger partial charge in [-0.15, -0.1) is 11.3 Å². The lowest BCUT2D eigenvalue weighted by Gasteiger charge is -2.36. The van der Waals surface area contributed by atoms with Crippen LogP contribution in [-0.4, -0.2) is 36.2 Å². The predicted molar refractivity (Wildman–Crippen MR) is 79.5 cm³/mol. The van der Waals surface area contributed by atoms with Crippen molar-refractivity contribution in [1.29, 1.82) is 0 Å². The van der Waals surface area contributed by atoms with Crippen molar-refractivity contribution in [2.45, 2.75) is 58.0 Å². The summed E-state index contributed by atoms with van der Waals surface area (Å²) in [5.41, 5.74) is 0. The molecule has 0 amide bonds. The summed E-state index contributed by atoms with van der Waals surface area (Å²) in [7, 11) is 0. The van der Waals surface area contributed by atoms with Crippen LogP contribution in [0.25, 0.3) is 0 Å². The molecule has 4 heteroatoms. The van der Waals surface area contributed by atoms with Crippen LogP contribution in [0.15, 0.2) is 12.1 Å². The fraction of sp³-hybridized carbons (Fsp3) is 0.733. The Morgan fingerprint density at radius 3 is 2.89 bits per heavy atom. The first-order valence-electron chi connectivity index (χ1n) is 7.37. The van der Waals surface area contributed by atoms with E-state index in [-0.39, 0.29) is 0 Å². The third-order valence-electron chi connectivity index (χ3n) is 3.96. The molecule has 2 atom stereocenters. The minimum Gasteiger partial charge on any atom is -0.376 e. The number of nitrogens with zero attached hydrogens (tertiary/aromatic N) is 1. The second-order valence-electron chi connectivity index (χ2n) is 5.95. The van der Waals surface area contributed by atoms with E-state index in [1.54, 1.807) is 0 Å². The molecule has 1 aliphatic heterocycles. The Kier molecular flexibility index (Phi) is 4.22. The molecule has 1 saturated carbocycles. The van der Waals surface area contributed by atoms with E-state index in [1.807, 2.05) is 11.3 Å². The number of rotatable bonds is 5. The van der Waals surface area contributed by atoms with Crippen LogP contribution in [0.4, 0.5) is 0 Å². The van der Waals surface area contributed by atoms with Crippen LogP contribution in [0, 0.1) is 0 Å². The second kappa shape index (κ2) is 5.92. The lowest BCUT2D eigenvalue weighted by molar-refractivity contribution is -0.0523. The van der Waals surface area contributed by atoms with E-state index in [4.69, 9.17) is 4.74 Å². The van der Waals surface area contributed by atoms with Crippen LogP contribution in [0.1, 0.15) is 36.4 Å². The molecule has 1 N–H and O–H groups in total. The molecule has 0 spiro atoms. The first kappa shape index (κ1) is 13.6. The van der Waals surface area contributed by atoms with Crippen LogP contribution in [0.3, 0.4) is 0 Å². The van der Waals surface area contributed by atoms with Crippen molar-refractivity contribution in [3.8, 4) is 0 Å². The molecular formula is C15H24N2OS. The molecule has 3 rings (SSSR count). The highest BCUT2D eigenvalue weighted by atomic mass is 32.1. The van der Waals surface area contributed by atoms with E-state index >= 15 is 0 Å². The molecule has 0 radical (unpaired) electrons. The summed E-state index contributed by atoms with van der Waals surface area (Å²) in [6.45, 7) is 8.46.